The van der Waals surface area contributed by atoms with E-state index in [2.05, 4.69) is 15.1 Å². The normalized spacial score (nSPS) is 14.2. The highest BCUT2D eigenvalue weighted by atomic mass is 32.2. The van der Waals surface area contributed by atoms with Crippen LogP contribution in [0.3, 0.4) is 0 Å². The molecule has 0 spiro atoms. The number of ether oxygens (including phenoxy) is 1. The molecule has 0 saturated heterocycles. The van der Waals surface area contributed by atoms with Gasteiger partial charge in [0.05, 0.1) is 29.2 Å². The lowest BCUT2D eigenvalue weighted by Gasteiger charge is -2.25. The molecular formula is C18H22N4O6S2. The Bertz CT molecular complexity index is 966. The van der Waals surface area contributed by atoms with E-state index in [0.29, 0.717) is 30.1 Å². The average molecular weight is 455 g/mol. The van der Waals surface area contributed by atoms with E-state index in [1.54, 1.807) is 25.8 Å². The monoisotopic (exact) mass is 454 g/mol. The smallest absolute Gasteiger partial charge is 0.341 e. The average Bonchev–Trinajstić information content (AvgIpc) is 3.21. The Balaban J connectivity index is 1.84. The molecule has 2 aromatic heterocycles. The molecule has 1 aliphatic rings. The van der Waals surface area contributed by atoms with Crippen LogP contribution in [0.2, 0.25) is 0 Å². The maximum absolute atomic E-state index is 12.8. The SMILES string of the molecule is CCOC(=O)c1c(NC(=O)C(C)Sc2c([O-])on[n+]2C)sc2c1CCN(C(C)=O)C2. The van der Waals surface area contributed by atoms with Crippen molar-refractivity contribution < 1.29 is 33.4 Å². The molecule has 0 aliphatic carbocycles. The largest absolute Gasteiger partial charge is 0.538 e. The number of hydrogen-bond donors (Lipinski definition) is 1. The number of esters is 1. The molecule has 0 aromatic carbocycles. The molecule has 1 atom stereocenters. The van der Waals surface area contributed by atoms with Gasteiger partial charge in [0.25, 0.3) is 5.03 Å². The van der Waals surface area contributed by atoms with Gasteiger partial charge in [0.1, 0.15) is 5.00 Å². The summed E-state index contributed by atoms with van der Waals surface area (Å²) >= 11 is 2.28. The van der Waals surface area contributed by atoms with Crippen LogP contribution in [0.4, 0.5) is 5.00 Å². The van der Waals surface area contributed by atoms with Crippen LogP contribution in [-0.4, -0.2) is 46.4 Å². The van der Waals surface area contributed by atoms with Gasteiger partial charge in [0.2, 0.25) is 11.8 Å². The molecule has 1 unspecified atom stereocenters. The van der Waals surface area contributed by atoms with E-state index in [4.69, 9.17) is 4.74 Å². The molecular weight excluding hydrogens is 432 g/mol. The van der Waals surface area contributed by atoms with Gasteiger partial charge in [0.15, 0.2) is 13.0 Å². The van der Waals surface area contributed by atoms with Gasteiger partial charge < -0.3 is 24.6 Å². The minimum atomic E-state index is -0.647. The standard InChI is InChI=1S/C18H22N4O6S2/c1-5-27-17(25)13-11-6-7-22(10(3)23)8-12(11)30-15(13)19-14(24)9(2)29-16-18(26)28-20-21(16)4/h9H,5-8H2,1-4H3,(H-,19,20,24,25,26). The van der Waals surface area contributed by atoms with E-state index in [1.165, 1.54) is 22.9 Å². The number of thioether (sulfide) groups is 1. The summed E-state index contributed by atoms with van der Waals surface area (Å²) in [7, 11) is 1.55. The van der Waals surface area contributed by atoms with Crippen molar-refractivity contribution in [3.05, 3.63) is 16.0 Å². The van der Waals surface area contributed by atoms with Gasteiger partial charge in [-0.1, -0.05) is 4.68 Å². The topological polar surface area (TPSA) is 129 Å². The Kier molecular flexibility index (Phi) is 6.66. The number of rotatable bonds is 6. The first-order valence-electron chi connectivity index (χ1n) is 9.30. The second-order valence-corrected chi connectivity index (χ2v) is 9.09. The lowest BCUT2D eigenvalue weighted by molar-refractivity contribution is -0.772. The van der Waals surface area contributed by atoms with Gasteiger partial charge in [-0.3, -0.25) is 9.59 Å². The quantitative estimate of drug-likeness (QED) is 0.386. The third-order valence-electron chi connectivity index (χ3n) is 4.59. The third kappa shape index (κ3) is 4.43. The van der Waals surface area contributed by atoms with E-state index in [1.807, 2.05) is 0 Å². The van der Waals surface area contributed by atoms with Crippen LogP contribution in [0.15, 0.2) is 9.55 Å². The highest BCUT2D eigenvalue weighted by molar-refractivity contribution is 8.00. The zero-order valence-electron chi connectivity index (χ0n) is 17.0. The number of nitrogens with zero attached hydrogens (tertiary/aromatic N) is 3. The van der Waals surface area contributed by atoms with Crippen molar-refractivity contribution in [1.82, 2.24) is 10.2 Å². The summed E-state index contributed by atoms with van der Waals surface area (Å²) in [5, 5.41) is 18.0. The number of thiophene rings is 1. The Morgan fingerprint density at radius 1 is 1.47 bits per heavy atom. The van der Waals surface area contributed by atoms with Gasteiger partial charge in [-0.25, -0.2) is 4.79 Å². The van der Waals surface area contributed by atoms with Gasteiger partial charge in [-0.15, -0.1) is 11.3 Å². The first-order chi connectivity index (χ1) is 14.2. The number of nitrogens with one attached hydrogen (secondary N) is 1. The summed E-state index contributed by atoms with van der Waals surface area (Å²) in [4.78, 5) is 39.6. The molecule has 10 nitrogen and oxygen atoms in total. The van der Waals surface area contributed by atoms with Crippen LogP contribution in [0, 0.1) is 0 Å². The van der Waals surface area contributed by atoms with Gasteiger partial charge >= 0.3 is 5.97 Å². The summed E-state index contributed by atoms with van der Waals surface area (Å²) in [6.07, 6.45) is 0.510. The Morgan fingerprint density at radius 3 is 2.80 bits per heavy atom. The zero-order valence-corrected chi connectivity index (χ0v) is 18.6. The van der Waals surface area contributed by atoms with Crippen LogP contribution in [0.1, 0.15) is 41.6 Å². The summed E-state index contributed by atoms with van der Waals surface area (Å²) in [6, 6.07) is 0. The molecule has 0 bridgehead atoms. The molecule has 2 amide bonds. The van der Waals surface area contributed by atoms with Crippen LogP contribution >= 0.6 is 23.1 Å². The van der Waals surface area contributed by atoms with Gasteiger partial charge in [-0.2, -0.15) is 0 Å². The molecule has 30 heavy (non-hydrogen) atoms. The fraction of sp³-hybridized carbons (Fsp3) is 0.500. The van der Waals surface area contributed by atoms with E-state index >= 15 is 0 Å². The van der Waals surface area contributed by atoms with Crippen LogP contribution in [-0.2, 0) is 34.3 Å². The second-order valence-electron chi connectivity index (χ2n) is 6.66. The number of amides is 2. The number of carbonyl (C=O) groups excluding carboxylic acids is 3. The van der Waals surface area contributed by atoms with Crippen molar-refractivity contribution in [3.8, 4) is 5.95 Å². The van der Waals surface area contributed by atoms with Crippen molar-refractivity contribution in [2.45, 2.75) is 44.0 Å². The lowest BCUT2D eigenvalue weighted by atomic mass is 10.0. The number of aryl methyl sites for hydroxylation is 1. The minimum absolute atomic E-state index is 0.0441. The van der Waals surface area contributed by atoms with Crippen LogP contribution in [0.5, 0.6) is 5.95 Å². The summed E-state index contributed by atoms with van der Waals surface area (Å²) in [5.74, 6) is -1.55. The van der Waals surface area contributed by atoms with E-state index < -0.39 is 17.2 Å². The first-order valence-corrected chi connectivity index (χ1v) is 11.0. The molecule has 1 N–H and O–H groups in total. The number of aromatic nitrogens is 2. The molecule has 1 aliphatic heterocycles. The Hall–Kier alpha value is -2.60. The molecule has 12 heteroatoms. The highest BCUT2D eigenvalue weighted by Crippen LogP contribution is 2.38. The number of fused-ring (bicyclic) bond motifs is 1. The summed E-state index contributed by atoms with van der Waals surface area (Å²) < 4.78 is 11.0. The highest BCUT2D eigenvalue weighted by Gasteiger charge is 2.31. The van der Waals surface area contributed by atoms with Crippen LogP contribution < -0.4 is 15.1 Å². The Labute approximate surface area is 181 Å². The predicted octanol–water partition coefficient (Wildman–Crippen LogP) is 0.835. The van der Waals surface area contributed by atoms with Crippen LogP contribution in [0.25, 0.3) is 0 Å². The molecule has 0 saturated carbocycles. The molecule has 162 valence electrons. The molecule has 3 rings (SSSR count). The summed E-state index contributed by atoms with van der Waals surface area (Å²) in [6.45, 7) is 5.95. The number of hydrogen-bond acceptors (Lipinski definition) is 9. The Morgan fingerprint density at radius 2 is 2.20 bits per heavy atom. The van der Waals surface area contributed by atoms with Crippen molar-refractivity contribution in [1.29, 1.82) is 0 Å². The van der Waals surface area contributed by atoms with E-state index in [-0.39, 0.29) is 23.4 Å². The molecule has 3 heterocycles. The minimum Gasteiger partial charge on any atom is -0.538 e. The third-order valence-corrected chi connectivity index (χ3v) is 6.94. The lowest BCUT2D eigenvalue weighted by Crippen LogP contribution is -2.34. The fourth-order valence-electron chi connectivity index (χ4n) is 3.04. The maximum atomic E-state index is 12.8. The van der Waals surface area contributed by atoms with Gasteiger partial charge in [0, 0.05) is 18.3 Å². The van der Waals surface area contributed by atoms with E-state index in [0.717, 1.165) is 22.2 Å². The fourth-order valence-corrected chi connectivity index (χ4v) is 5.12. The molecule has 0 fully saturated rings. The zero-order chi connectivity index (χ0) is 22.0. The summed E-state index contributed by atoms with van der Waals surface area (Å²) in [5.41, 5.74) is 1.14. The van der Waals surface area contributed by atoms with E-state index in [9.17, 15) is 19.5 Å². The van der Waals surface area contributed by atoms with Crippen molar-refractivity contribution in [2.75, 3.05) is 18.5 Å². The number of carbonyl (C=O) groups is 3. The second kappa shape index (κ2) is 9.04. The van der Waals surface area contributed by atoms with Crippen molar-refractivity contribution in [3.63, 3.8) is 0 Å². The first kappa shape index (κ1) is 22.1. The molecule has 0 radical (unpaired) electrons. The van der Waals surface area contributed by atoms with Crippen molar-refractivity contribution in [2.24, 2.45) is 7.05 Å². The number of anilines is 1. The molecule has 2 aromatic rings. The van der Waals surface area contributed by atoms with Gasteiger partial charge in [-0.05, 0) is 37.6 Å². The predicted molar refractivity (Wildman–Crippen MR) is 106 cm³/mol. The maximum Gasteiger partial charge on any atom is 0.341 e. The van der Waals surface area contributed by atoms with Crippen molar-refractivity contribution >= 4 is 45.9 Å².